The van der Waals surface area contributed by atoms with E-state index in [0.29, 0.717) is 59.5 Å². The maximum Gasteiger partial charge on any atom is 0.441 e. The Morgan fingerprint density at radius 1 is 1.07 bits per heavy atom. The third-order valence-corrected chi connectivity index (χ3v) is 7.28. The zero-order valence-corrected chi connectivity index (χ0v) is 23.8. The van der Waals surface area contributed by atoms with Crippen molar-refractivity contribution < 1.29 is 40.3 Å². The number of amides is 1. The molecule has 0 bridgehead atoms. The van der Waals surface area contributed by atoms with Crippen LogP contribution < -0.4 is 15.8 Å². The van der Waals surface area contributed by atoms with Crippen LogP contribution in [-0.4, -0.2) is 48.0 Å². The Morgan fingerprint density at radius 2 is 1.73 bits per heavy atom. The number of hydrogen-bond acceptors (Lipinski definition) is 4. The van der Waals surface area contributed by atoms with Crippen LogP contribution in [0.2, 0.25) is 0 Å². The minimum Gasteiger partial charge on any atom is -0.380 e. The first-order chi connectivity index (χ1) is 19.1. The van der Waals surface area contributed by atoms with Crippen LogP contribution in [0.5, 0.6) is 0 Å². The second-order valence-electron chi connectivity index (χ2n) is 9.57. The summed E-state index contributed by atoms with van der Waals surface area (Å²) in [4.78, 5) is 27.1. The van der Waals surface area contributed by atoms with Crippen LogP contribution in [0.15, 0.2) is 30.3 Å². The molecule has 1 amide bonds. The number of benzene rings is 2. The molecule has 0 saturated carbocycles. The van der Waals surface area contributed by atoms with E-state index in [0.717, 1.165) is 6.07 Å². The van der Waals surface area contributed by atoms with E-state index in [1.54, 1.807) is 19.2 Å². The van der Waals surface area contributed by atoms with Crippen LogP contribution in [0.3, 0.4) is 0 Å². The lowest BCUT2D eigenvalue weighted by Crippen LogP contribution is -2.36. The molecule has 2 aromatic carbocycles. The van der Waals surface area contributed by atoms with Crippen LogP contribution in [0.1, 0.15) is 65.0 Å². The maximum absolute atomic E-state index is 14.2. The molecular weight excluding hydrogens is 573 g/mol. The fourth-order valence-electron chi connectivity index (χ4n) is 4.39. The molecule has 41 heavy (non-hydrogen) atoms. The van der Waals surface area contributed by atoms with Gasteiger partial charge in [0.25, 0.3) is 5.91 Å². The number of alkyl halides is 6. The van der Waals surface area contributed by atoms with Gasteiger partial charge in [0.2, 0.25) is 0 Å². The quantitative estimate of drug-likeness (QED) is 0.169. The number of ketones is 1. The molecule has 2 rings (SSSR count). The van der Waals surface area contributed by atoms with Crippen molar-refractivity contribution in [2.24, 2.45) is 5.92 Å². The lowest BCUT2D eigenvalue weighted by molar-refractivity contribution is -0.137. The fraction of sp³-hybridized carbons (Fsp3) is 0.448. The average molecular weight is 607 g/mol. The first kappa shape index (κ1) is 34.2. The SMILES string of the molecule is C=c1ccc(C(=O)NCCSC(F)(F)F)c(CC)/c1=C/N(C)CC(CC)CCC(=O)c1ccc(C(F)(F)F)cc1F. The summed E-state index contributed by atoms with van der Waals surface area (Å²) >= 11 is -0.209. The van der Waals surface area contributed by atoms with Gasteiger partial charge >= 0.3 is 11.7 Å². The van der Waals surface area contributed by atoms with Gasteiger partial charge in [-0.1, -0.05) is 32.9 Å². The number of carbonyl (C=O) groups is 2. The molecule has 0 spiro atoms. The standard InChI is InChI=1S/C29H33F7N2O2S/c1-5-19(8-12-26(39)23-11-9-20(15-25(23)30)28(31,32)33)16-38(4)17-24-18(3)7-10-22(21(24)6-2)27(40)37-13-14-41-29(34,35)36/h7,9-11,15,17,19H,3,5-6,8,12-14,16H2,1-2,4H3,(H,37,40)/b24-17+. The number of thioether (sulfide) groups is 1. The Kier molecular flexibility index (Phi) is 12.3. The summed E-state index contributed by atoms with van der Waals surface area (Å²) < 4.78 is 89.7. The molecule has 0 saturated heterocycles. The molecular formula is C29H33F7N2O2S. The largest absolute Gasteiger partial charge is 0.441 e. The number of hydrogen-bond donors (Lipinski definition) is 1. The number of carbonyl (C=O) groups excluding carboxylic acids is 2. The first-order valence-electron chi connectivity index (χ1n) is 13.0. The van der Waals surface area contributed by atoms with Gasteiger partial charge in [-0.2, -0.15) is 26.3 Å². The van der Waals surface area contributed by atoms with Gasteiger partial charge < -0.3 is 10.2 Å². The van der Waals surface area contributed by atoms with Crippen LogP contribution >= 0.6 is 11.8 Å². The zero-order valence-electron chi connectivity index (χ0n) is 23.0. The molecule has 0 fully saturated rings. The Labute approximate surface area is 238 Å². The predicted molar refractivity (Wildman–Crippen MR) is 147 cm³/mol. The number of nitrogens with one attached hydrogen (secondary N) is 1. The minimum atomic E-state index is -4.71. The maximum atomic E-state index is 14.2. The van der Waals surface area contributed by atoms with Gasteiger partial charge in [0.1, 0.15) is 5.82 Å². The highest BCUT2D eigenvalue weighted by Crippen LogP contribution is 2.31. The van der Waals surface area contributed by atoms with Crippen molar-refractivity contribution in [1.82, 2.24) is 10.2 Å². The zero-order chi connectivity index (χ0) is 31.0. The van der Waals surface area contributed by atoms with Crippen LogP contribution in [0.25, 0.3) is 12.8 Å². The van der Waals surface area contributed by atoms with E-state index in [4.69, 9.17) is 0 Å². The lowest BCUT2D eigenvalue weighted by Gasteiger charge is -2.22. The fourth-order valence-corrected chi connectivity index (χ4v) is 4.82. The van der Waals surface area contributed by atoms with Gasteiger partial charge in [-0.05, 0) is 65.6 Å². The van der Waals surface area contributed by atoms with Crippen molar-refractivity contribution in [3.8, 4) is 0 Å². The van der Waals surface area contributed by atoms with Crippen molar-refractivity contribution >= 4 is 36.2 Å². The molecule has 4 nitrogen and oxygen atoms in total. The molecule has 1 unspecified atom stereocenters. The summed E-state index contributed by atoms with van der Waals surface area (Å²) in [6.07, 6.45) is -1.41. The summed E-state index contributed by atoms with van der Waals surface area (Å²) in [6, 6.07) is 5.12. The van der Waals surface area contributed by atoms with Crippen LogP contribution in [0, 0.1) is 11.7 Å². The molecule has 0 aromatic heterocycles. The van der Waals surface area contributed by atoms with Gasteiger partial charge in [-0.15, -0.1) is 0 Å². The van der Waals surface area contributed by atoms with Crippen molar-refractivity contribution in [2.45, 2.75) is 51.2 Å². The molecule has 0 radical (unpaired) electrons. The molecule has 0 aliphatic rings. The van der Waals surface area contributed by atoms with E-state index in [1.807, 2.05) is 24.9 Å². The highest BCUT2D eigenvalue weighted by molar-refractivity contribution is 8.00. The number of rotatable bonds is 13. The van der Waals surface area contributed by atoms with Crippen LogP contribution in [-0.2, 0) is 12.6 Å². The molecule has 0 aliphatic heterocycles. The Morgan fingerprint density at radius 3 is 2.29 bits per heavy atom. The third kappa shape index (κ3) is 10.4. The van der Waals surface area contributed by atoms with Crippen molar-refractivity contribution in [3.05, 3.63) is 68.8 Å². The summed E-state index contributed by atoms with van der Waals surface area (Å²) in [5.74, 6) is -2.59. The van der Waals surface area contributed by atoms with Crippen molar-refractivity contribution in [1.29, 1.82) is 0 Å². The second-order valence-corrected chi connectivity index (χ2v) is 10.7. The van der Waals surface area contributed by atoms with Crippen molar-refractivity contribution in [3.63, 3.8) is 0 Å². The van der Waals surface area contributed by atoms with E-state index in [1.165, 1.54) is 0 Å². The predicted octanol–water partition coefficient (Wildman–Crippen LogP) is 6.16. The normalized spacial score (nSPS) is 13.3. The topological polar surface area (TPSA) is 49.4 Å². The highest BCUT2D eigenvalue weighted by Gasteiger charge is 2.32. The number of halogens is 7. The number of nitrogens with zero attached hydrogens (tertiary/aromatic N) is 1. The number of Topliss-reactive ketones (excluding diaryl/α,β-unsaturated/α-hetero) is 1. The molecule has 2 aromatic rings. The van der Waals surface area contributed by atoms with E-state index >= 15 is 0 Å². The summed E-state index contributed by atoms with van der Waals surface area (Å²) in [5, 5.41) is 3.87. The van der Waals surface area contributed by atoms with Gasteiger partial charge in [-0.3, -0.25) is 9.59 Å². The Balaban J connectivity index is 2.12. The van der Waals surface area contributed by atoms with Crippen LogP contribution in [0.4, 0.5) is 30.7 Å². The highest BCUT2D eigenvalue weighted by atomic mass is 32.2. The van der Waals surface area contributed by atoms with Gasteiger partial charge in [0.05, 0.1) is 11.1 Å². The molecule has 1 N–H and O–H groups in total. The molecule has 226 valence electrons. The molecule has 12 heteroatoms. The van der Waals surface area contributed by atoms with Gasteiger partial charge in [0.15, 0.2) is 5.78 Å². The third-order valence-electron chi connectivity index (χ3n) is 6.55. The second kappa shape index (κ2) is 14.7. The molecule has 0 aliphatic carbocycles. The Bertz CT molecular complexity index is 1330. The first-order valence-corrected chi connectivity index (χ1v) is 14.0. The Hall–Kier alpha value is -3.02. The van der Waals surface area contributed by atoms with E-state index in [-0.39, 0.29) is 42.0 Å². The summed E-state index contributed by atoms with van der Waals surface area (Å²) in [7, 11) is 1.81. The monoisotopic (exact) mass is 606 g/mol. The van der Waals surface area contributed by atoms with Gasteiger partial charge in [-0.25, -0.2) is 4.39 Å². The van der Waals surface area contributed by atoms with E-state index in [2.05, 4.69) is 11.9 Å². The van der Waals surface area contributed by atoms with E-state index in [9.17, 15) is 40.3 Å². The minimum absolute atomic E-state index is 0.00587. The van der Waals surface area contributed by atoms with E-state index < -0.39 is 34.8 Å². The summed E-state index contributed by atoms with van der Waals surface area (Å²) in [6.45, 7) is 8.16. The lowest BCUT2D eigenvalue weighted by atomic mass is 9.95. The average Bonchev–Trinajstić information content (AvgIpc) is 2.88. The smallest absolute Gasteiger partial charge is 0.380 e. The summed E-state index contributed by atoms with van der Waals surface area (Å²) in [5.41, 5.74) is -4.88. The molecule has 0 heterocycles. The van der Waals surface area contributed by atoms with Crippen molar-refractivity contribution in [2.75, 3.05) is 25.9 Å². The van der Waals surface area contributed by atoms with Gasteiger partial charge in [0, 0.05) is 49.3 Å². The molecule has 1 atom stereocenters.